The van der Waals surface area contributed by atoms with Crippen LogP contribution in [0.5, 0.6) is 0 Å². The monoisotopic (exact) mass is 267 g/mol. The van der Waals surface area contributed by atoms with Crippen molar-refractivity contribution in [1.82, 2.24) is 14.7 Å². The van der Waals surface area contributed by atoms with Crippen molar-refractivity contribution in [3.05, 3.63) is 16.4 Å². The third kappa shape index (κ3) is 2.43. The van der Waals surface area contributed by atoms with Crippen LogP contribution < -0.4 is 5.76 Å². The fraction of sp³-hybridized carbons (Fsp3) is 0.769. The fourth-order valence-electron chi connectivity index (χ4n) is 2.21. The van der Waals surface area contributed by atoms with E-state index >= 15 is 0 Å². The SMILES string of the molecule is CC(C)N1CC[C@@H](n2nc(C(C)(C)C)oc2=O)C1=O. The summed E-state index contributed by atoms with van der Waals surface area (Å²) in [6.07, 6.45) is 0.604. The molecule has 0 aromatic carbocycles. The number of rotatable bonds is 2. The molecule has 0 spiro atoms. The molecule has 0 aliphatic carbocycles. The molecule has 19 heavy (non-hydrogen) atoms. The van der Waals surface area contributed by atoms with Crippen LogP contribution in [0.1, 0.15) is 53.0 Å². The van der Waals surface area contributed by atoms with Gasteiger partial charge >= 0.3 is 5.76 Å². The zero-order valence-electron chi connectivity index (χ0n) is 12.1. The van der Waals surface area contributed by atoms with Crippen molar-refractivity contribution < 1.29 is 9.21 Å². The molecule has 2 rings (SSSR count). The Kier molecular flexibility index (Phi) is 3.28. The predicted molar refractivity (Wildman–Crippen MR) is 70.0 cm³/mol. The number of carbonyl (C=O) groups excluding carboxylic acids is 1. The van der Waals surface area contributed by atoms with Crippen molar-refractivity contribution in [2.45, 2.75) is 58.5 Å². The molecule has 6 heteroatoms. The molecule has 1 aliphatic rings. The van der Waals surface area contributed by atoms with Crippen molar-refractivity contribution in [1.29, 1.82) is 0 Å². The number of aromatic nitrogens is 2. The maximum absolute atomic E-state index is 12.2. The molecule has 1 aliphatic heterocycles. The van der Waals surface area contributed by atoms with Crippen molar-refractivity contribution in [3.8, 4) is 0 Å². The van der Waals surface area contributed by atoms with Gasteiger partial charge in [0, 0.05) is 18.0 Å². The molecule has 1 saturated heterocycles. The van der Waals surface area contributed by atoms with E-state index in [1.165, 1.54) is 4.68 Å². The second-order valence-electron chi connectivity index (χ2n) is 6.30. The van der Waals surface area contributed by atoms with Gasteiger partial charge in [0.15, 0.2) is 0 Å². The largest absolute Gasteiger partial charge is 0.437 e. The highest BCUT2D eigenvalue weighted by Gasteiger charge is 2.37. The molecule has 1 amide bonds. The number of hydrogen-bond acceptors (Lipinski definition) is 4. The van der Waals surface area contributed by atoms with E-state index in [2.05, 4.69) is 5.10 Å². The molecule has 0 bridgehead atoms. The minimum absolute atomic E-state index is 0.0501. The lowest BCUT2D eigenvalue weighted by atomic mass is 9.97. The average molecular weight is 267 g/mol. The van der Waals surface area contributed by atoms with E-state index in [4.69, 9.17) is 4.42 Å². The summed E-state index contributed by atoms with van der Waals surface area (Å²) in [6.45, 7) is 10.3. The van der Waals surface area contributed by atoms with Gasteiger partial charge in [0.2, 0.25) is 11.8 Å². The van der Waals surface area contributed by atoms with Gasteiger partial charge in [-0.3, -0.25) is 4.79 Å². The Morgan fingerprint density at radius 1 is 1.32 bits per heavy atom. The van der Waals surface area contributed by atoms with Gasteiger partial charge in [-0.25, -0.2) is 4.79 Å². The molecule has 1 aromatic heterocycles. The lowest BCUT2D eigenvalue weighted by molar-refractivity contribution is -0.132. The molecular weight excluding hydrogens is 246 g/mol. The minimum atomic E-state index is -0.547. The van der Waals surface area contributed by atoms with Crippen LogP contribution in [0.3, 0.4) is 0 Å². The van der Waals surface area contributed by atoms with Crippen LogP contribution in [0.4, 0.5) is 0 Å². The van der Waals surface area contributed by atoms with Gasteiger partial charge < -0.3 is 9.32 Å². The van der Waals surface area contributed by atoms with Gasteiger partial charge in [0.05, 0.1) is 0 Å². The summed E-state index contributed by atoms with van der Waals surface area (Å²) in [6, 6.07) is -0.378. The lowest BCUT2D eigenvalue weighted by Crippen LogP contribution is -2.36. The highest BCUT2D eigenvalue weighted by molar-refractivity contribution is 5.82. The van der Waals surface area contributed by atoms with Gasteiger partial charge in [-0.15, -0.1) is 5.10 Å². The van der Waals surface area contributed by atoms with Crippen LogP contribution in [-0.4, -0.2) is 33.2 Å². The summed E-state index contributed by atoms with van der Waals surface area (Å²) in [5.41, 5.74) is -0.343. The molecule has 0 saturated carbocycles. The van der Waals surface area contributed by atoms with Crippen molar-refractivity contribution >= 4 is 5.91 Å². The number of hydrogen-bond donors (Lipinski definition) is 0. The van der Waals surface area contributed by atoms with Crippen LogP contribution in [-0.2, 0) is 10.2 Å². The predicted octanol–water partition coefficient (Wildman–Crippen LogP) is 1.32. The Labute approximate surface area is 112 Å². The van der Waals surface area contributed by atoms with E-state index in [9.17, 15) is 9.59 Å². The maximum Gasteiger partial charge on any atom is 0.437 e. The second kappa shape index (κ2) is 4.51. The van der Waals surface area contributed by atoms with Crippen molar-refractivity contribution in [2.24, 2.45) is 0 Å². The molecule has 106 valence electrons. The molecule has 0 radical (unpaired) electrons. The Morgan fingerprint density at radius 2 is 1.95 bits per heavy atom. The molecular formula is C13H21N3O3. The quantitative estimate of drug-likeness (QED) is 0.810. The van der Waals surface area contributed by atoms with Gasteiger partial charge in [0.25, 0.3) is 0 Å². The Balaban J connectivity index is 2.32. The second-order valence-corrected chi connectivity index (χ2v) is 6.30. The average Bonchev–Trinajstić information content (AvgIpc) is 2.81. The van der Waals surface area contributed by atoms with E-state index in [1.54, 1.807) is 4.90 Å². The van der Waals surface area contributed by atoms with E-state index < -0.39 is 11.8 Å². The Morgan fingerprint density at radius 3 is 2.37 bits per heavy atom. The van der Waals surface area contributed by atoms with Gasteiger partial charge in [-0.2, -0.15) is 4.68 Å². The summed E-state index contributed by atoms with van der Waals surface area (Å²) in [4.78, 5) is 25.9. The first-order valence-corrected chi connectivity index (χ1v) is 6.62. The molecule has 1 atom stereocenters. The number of nitrogens with zero attached hydrogens (tertiary/aromatic N) is 3. The van der Waals surface area contributed by atoms with Crippen molar-refractivity contribution in [3.63, 3.8) is 0 Å². The van der Waals surface area contributed by atoms with Crippen LogP contribution in [0, 0.1) is 0 Å². The van der Waals surface area contributed by atoms with Crippen LogP contribution in [0.25, 0.3) is 0 Å². The van der Waals surface area contributed by atoms with Crippen LogP contribution >= 0.6 is 0 Å². The highest BCUT2D eigenvalue weighted by atomic mass is 16.4. The smallest absolute Gasteiger partial charge is 0.392 e. The molecule has 6 nitrogen and oxygen atoms in total. The highest BCUT2D eigenvalue weighted by Crippen LogP contribution is 2.25. The van der Waals surface area contributed by atoms with E-state index in [1.807, 2.05) is 34.6 Å². The summed E-state index contributed by atoms with van der Waals surface area (Å²) >= 11 is 0. The first-order valence-electron chi connectivity index (χ1n) is 6.62. The summed E-state index contributed by atoms with van der Waals surface area (Å²) in [7, 11) is 0. The third-order valence-electron chi connectivity index (χ3n) is 3.34. The van der Waals surface area contributed by atoms with Crippen LogP contribution in [0.15, 0.2) is 9.21 Å². The standard InChI is InChI=1S/C13H21N3O3/c1-8(2)15-7-6-9(10(15)17)16-12(18)19-11(14-16)13(3,4)5/h8-9H,6-7H2,1-5H3/t9-/m1/s1. The first-order chi connectivity index (χ1) is 8.71. The molecule has 0 N–H and O–H groups in total. The summed E-state index contributed by atoms with van der Waals surface area (Å²) < 4.78 is 6.36. The Hall–Kier alpha value is -1.59. The Bertz CT molecular complexity index is 536. The van der Waals surface area contributed by atoms with E-state index in [0.717, 1.165) is 0 Å². The van der Waals surface area contributed by atoms with Gasteiger partial charge in [-0.1, -0.05) is 20.8 Å². The molecule has 1 aromatic rings. The minimum Gasteiger partial charge on any atom is -0.392 e. The van der Waals surface area contributed by atoms with E-state index in [0.29, 0.717) is 18.9 Å². The summed E-state index contributed by atoms with van der Waals surface area (Å²) in [5.74, 6) is -0.229. The molecule has 0 unspecified atom stereocenters. The van der Waals surface area contributed by atoms with Gasteiger partial charge in [0.1, 0.15) is 6.04 Å². The lowest BCUT2D eigenvalue weighted by Gasteiger charge is -2.20. The topological polar surface area (TPSA) is 68.3 Å². The van der Waals surface area contributed by atoms with Crippen molar-refractivity contribution in [2.75, 3.05) is 6.54 Å². The number of likely N-dealkylation sites (tertiary alicyclic amines) is 1. The molecule has 2 heterocycles. The zero-order chi connectivity index (χ0) is 14.4. The zero-order valence-corrected chi connectivity index (χ0v) is 12.1. The maximum atomic E-state index is 12.2. The summed E-state index contributed by atoms with van der Waals surface area (Å²) in [5, 5.41) is 4.20. The first kappa shape index (κ1) is 13.8. The van der Waals surface area contributed by atoms with Gasteiger partial charge in [-0.05, 0) is 20.3 Å². The fourth-order valence-corrected chi connectivity index (χ4v) is 2.21. The number of amides is 1. The third-order valence-corrected chi connectivity index (χ3v) is 3.34. The van der Waals surface area contributed by atoms with E-state index in [-0.39, 0.29) is 17.4 Å². The normalized spacial score (nSPS) is 20.6. The number of carbonyl (C=O) groups is 1. The molecule has 1 fully saturated rings. The van der Waals surface area contributed by atoms with Crippen LogP contribution in [0.2, 0.25) is 0 Å².